The Labute approximate surface area is 156 Å². The Hall–Kier alpha value is -3.13. The van der Waals surface area contributed by atoms with Gasteiger partial charge in [-0.1, -0.05) is 24.3 Å². The van der Waals surface area contributed by atoms with Gasteiger partial charge in [0.1, 0.15) is 0 Å². The first-order chi connectivity index (χ1) is 12.9. The van der Waals surface area contributed by atoms with Gasteiger partial charge in [0.15, 0.2) is 0 Å². The molecule has 0 radical (unpaired) electrons. The van der Waals surface area contributed by atoms with Crippen LogP contribution >= 0.6 is 0 Å². The van der Waals surface area contributed by atoms with Crippen LogP contribution in [0.15, 0.2) is 59.8 Å². The largest absolute Gasteiger partial charge is 0.465 e. The maximum atomic E-state index is 13.2. The van der Waals surface area contributed by atoms with E-state index in [1.54, 1.807) is 35.1 Å². The zero-order valence-corrected chi connectivity index (χ0v) is 15.6. The van der Waals surface area contributed by atoms with Gasteiger partial charge in [0.05, 0.1) is 36.0 Å². The van der Waals surface area contributed by atoms with Crippen LogP contribution in [0.1, 0.15) is 15.9 Å². The number of hydrogen-bond donors (Lipinski definition) is 0. The van der Waals surface area contributed by atoms with Crippen molar-refractivity contribution in [3.8, 4) is 11.1 Å². The summed E-state index contributed by atoms with van der Waals surface area (Å²) in [5, 5.41) is 4.17. The average Bonchev–Trinajstić information content (AvgIpc) is 3.21. The highest BCUT2D eigenvalue weighted by Crippen LogP contribution is 2.39. The van der Waals surface area contributed by atoms with Crippen molar-refractivity contribution in [2.75, 3.05) is 11.4 Å². The van der Waals surface area contributed by atoms with Crippen LogP contribution in [0.4, 0.5) is 5.69 Å². The molecule has 2 aromatic carbocycles. The van der Waals surface area contributed by atoms with Crippen LogP contribution in [0.3, 0.4) is 0 Å². The maximum Gasteiger partial charge on any atom is 0.337 e. The molecule has 0 bridgehead atoms. The minimum Gasteiger partial charge on any atom is -0.465 e. The van der Waals surface area contributed by atoms with E-state index in [0.29, 0.717) is 11.3 Å². The molecule has 0 saturated carbocycles. The van der Waals surface area contributed by atoms with Gasteiger partial charge in [-0.2, -0.15) is 5.10 Å². The molecular formula is C19H17N3O4S. The summed E-state index contributed by atoms with van der Waals surface area (Å²) >= 11 is 0. The number of esters is 1. The summed E-state index contributed by atoms with van der Waals surface area (Å²) in [4.78, 5) is 11.9. The fourth-order valence-corrected chi connectivity index (χ4v) is 4.94. The van der Waals surface area contributed by atoms with Crippen LogP contribution < -0.4 is 4.31 Å². The number of carbonyl (C=O) groups excluding carboxylic acids is 1. The van der Waals surface area contributed by atoms with Crippen LogP contribution in [0, 0.1) is 0 Å². The van der Waals surface area contributed by atoms with Gasteiger partial charge in [0, 0.05) is 24.4 Å². The summed E-state index contributed by atoms with van der Waals surface area (Å²) in [5.74, 6) is -0.567. The molecule has 0 aliphatic carbocycles. The number of rotatable bonds is 3. The molecule has 0 atom stereocenters. The lowest BCUT2D eigenvalue weighted by atomic mass is 10.1. The lowest BCUT2D eigenvalue weighted by molar-refractivity contribution is 0.0600. The number of anilines is 1. The molecule has 1 aliphatic rings. The van der Waals surface area contributed by atoms with Crippen molar-refractivity contribution in [2.45, 2.75) is 11.4 Å². The lowest BCUT2D eigenvalue weighted by Crippen LogP contribution is -2.24. The second-order valence-electron chi connectivity index (χ2n) is 6.25. The summed E-state index contributed by atoms with van der Waals surface area (Å²) in [6, 6.07) is 11.9. The molecule has 0 fully saturated rings. The first-order valence-electron chi connectivity index (χ1n) is 8.24. The number of carbonyl (C=O) groups is 1. The molecule has 4 rings (SSSR count). The zero-order valence-electron chi connectivity index (χ0n) is 14.8. The molecule has 0 unspecified atom stereocenters. The van der Waals surface area contributed by atoms with Gasteiger partial charge in [-0.25, -0.2) is 13.2 Å². The maximum absolute atomic E-state index is 13.2. The first kappa shape index (κ1) is 17.3. The lowest BCUT2D eigenvalue weighted by Gasteiger charge is -2.20. The van der Waals surface area contributed by atoms with E-state index in [2.05, 4.69) is 5.10 Å². The number of nitrogens with zero attached hydrogens (tertiary/aromatic N) is 3. The Kier molecular flexibility index (Phi) is 4.00. The van der Waals surface area contributed by atoms with E-state index in [1.807, 2.05) is 25.4 Å². The summed E-state index contributed by atoms with van der Waals surface area (Å²) in [6.45, 7) is 0.205. The highest BCUT2D eigenvalue weighted by atomic mass is 32.2. The van der Waals surface area contributed by atoms with Gasteiger partial charge >= 0.3 is 5.97 Å². The van der Waals surface area contributed by atoms with E-state index < -0.39 is 16.0 Å². The molecule has 7 nitrogen and oxygen atoms in total. The van der Waals surface area contributed by atoms with Crippen molar-refractivity contribution >= 4 is 21.7 Å². The number of ether oxygens (including phenoxy) is 1. The van der Waals surface area contributed by atoms with Crippen molar-refractivity contribution in [3.05, 3.63) is 66.0 Å². The predicted molar refractivity (Wildman–Crippen MR) is 99.8 cm³/mol. The number of sulfonamides is 1. The van der Waals surface area contributed by atoms with Gasteiger partial charge in [0.2, 0.25) is 0 Å². The standard InChI is InChI=1S/C19H17N3O4S/c1-21-11-15(10-20-21)16-5-3-4-6-17(16)22-12-14-8-7-13(19(23)26-2)9-18(14)27(22,24)25/h3-11H,12H2,1-2H3. The van der Waals surface area contributed by atoms with Gasteiger partial charge < -0.3 is 4.74 Å². The Morgan fingerprint density at radius 2 is 1.96 bits per heavy atom. The third-order valence-corrected chi connectivity index (χ3v) is 6.40. The quantitative estimate of drug-likeness (QED) is 0.650. The Balaban J connectivity index is 1.82. The van der Waals surface area contributed by atoms with Crippen LogP contribution in [0.5, 0.6) is 0 Å². The van der Waals surface area contributed by atoms with E-state index in [9.17, 15) is 13.2 Å². The van der Waals surface area contributed by atoms with E-state index in [4.69, 9.17) is 4.74 Å². The van der Waals surface area contributed by atoms with E-state index in [1.165, 1.54) is 17.5 Å². The number of aryl methyl sites for hydroxylation is 1. The number of methoxy groups -OCH3 is 1. The number of hydrogen-bond acceptors (Lipinski definition) is 5. The van der Waals surface area contributed by atoms with E-state index >= 15 is 0 Å². The molecule has 0 spiro atoms. The second kappa shape index (κ2) is 6.24. The van der Waals surface area contributed by atoms with Gasteiger partial charge in [-0.15, -0.1) is 0 Å². The minimum absolute atomic E-state index is 0.131. The molecule has 1 aromatic heterocycles. The summed E-state index contributed by atoms with van der Waals surface area (Å²) < 4.78 is 34.1. The topological polar surface area (TPSA) is 81.5 Å². The Morgan fingerprint density at radius 1 is 1.19 bits per heavy atom. The van der Waals surface area contributed by atoms with Crippen LogP contribution in [0.25, 0.3) is 11.1 Å². The minimum atomic E-state index is -3.79. The fraction of sp³-hybridized carbons (Fsp3) is 0.158. The average molecular weight is 383 g/mol. The van der Waals surface area contributed by atoms with Crippen LogP contribution in [-0.4, -0.2) is 31.3 Å². The number of aromatic nitrogens is 2. The fourth-order valence-electron chi connectivity index (χ4n) is 3.24. The summed E-state index contributed by atoms with van der Waals surface area (Å²) in [5.41, 5.74) is 3.02. The molecule has 3 aromatic rings. The highest BCUT2D eigenvalue weighted by molar-refractivity contribution is 7.93. The number of benzene rings is 2. The Morgan fingerprint density at radius 3 is 2.67 bits per heavy atom. The second-order valence-corrected chi connectivity index (χ2v) is 8.08. The number of fused-ring (bicyclic) bond motifs is 1. The molecule has 0 amide bonds. The van der Waals surface area contributed by atoms with Crippen molar-refractivity contribution in [1.29, 1.82) is 0 Å². The van der Waals surface area contributed by atoms with E-state index in [-0.39, 0.29) is 17.0 Å². The van der Waals surface area contributed by atoms with Crippen molar-refractivity contribution < 1.29 is 17.9 Å². The highest BCUT2D eigenvalue weighted by Gasteiger charge is 2.36. The van der Waals surface area contributed by atoms with Crippen LogP contribution in [0.2, 0.25) is 0 Å². The molecule has 0 saturated heterocycles. The molecule has 1 aliphatic heterocycles. The normalized spacial score (nSPS) is 14.8. The zero-order chi connectivity index (χ0) is 19.2. The predicted octanol–water partition coefficient (Wildman–Crippen LogP) is 2.58. The first-order valence-corrected chi connectivity index (χ1v) is 9.68. The number of para-hydroxylation sites is 1. The van der Waals surface area contributed by atoms with Gasteiger partial charge in [0.25, 0.3) is 10.0 Å². The third-order valence-electron chi connectivity index (χ3n) is 4.56. The third kappa shape index (κ3) is 2.78. The van der Waals surface area contributed by atoms with E-state index in [0.717, 1.165) is 11.1 Å². The molecule has 138 valence electrons. The van der Waals surface area contributed by atoms with Crippen molar-refractivity contribution in [3.63, 3.8) is 0 Å². The molecule has 8 heteroatoms. The SMILES string of the molecule is COC(=O)c1ccc2c(c1)S(=O)(=O)N(c1ccccc1-c1cnn(C)c1)C2. The van der Waals surface area contributed by atoms with Crippen LogP contribution in [-0.2, 0) is 28.4 Å². The summed E-state index contributed by atoms with van der Waals surface area (Å²) in [6.07, 6.45) is 3.54. The van der Waals surface area contributed by atoms with Gasteiger partial charge in [-0.3, -0.25) is 8.99 Å². The van der Waals surface area contributed by atoms with Crippen molar-refractivity contribution in [2.24, 2.45) is 7.05 Å². The molecule has 0 N–H and O–H groups in total. The molecule has 27 heavy (non-hydrogen) atoms. The molecule has 2 heterocycles. The van der Waals surface area contributed by atoms with Crippen molar-refractivity contribution in [1.82, 2.24) is 9.78 Å². The molecular weight excluding hydrogens is 366 g/mol. The monoisotopic (exact) mass is 383 g/mol. The van der Waals surface area contributed by atoms with Gasteiger partial charge in [-0.05, 0) is 23.8 Å². The smallest absolute Gasteiger partial charge is 0.337 e. The summed E-state index contributed by atoms with van der Waals surface area (Å²) in [7, 11) is -0.716. The Bertz CT molecular complexity index is 1150.